The average Bonchev–Trinajstić information content (AvgIpc) is 3.12. The second-order valence-corrected chi connectivity index (χ2v) is 7.35. The molecule has 0 fully saturated rings. The van der Waals surface area contributed by atoms with E-state index in [-0.39, 0.29) is 5.91 Å². The van der Waals surface area contributed by atoms with E-state index in [0.29, 0.717) is 18.7 Å². The average molecular weight is 377 g/mol. The molecule has 0 spiro atoms. The van der Waals surface area contributed by atoms with E-state index < -0.39 is 0 Å². The van der Waals surface area contributed by atoms with Crippen LogP contribution in [0.15, 0.2) is 67.0 Å². The molecule has 1 amide bonds. The highest BCUT2D eigenvalue weighted by molar-refractivity contribution is 5.94. The van der Waals surface area contributed by atoms with Crippen molar-refractivity contribution in [1.82, 2.24) is 19.4 Å². The van der Waals surface area contributed by atoms with E-state index in [1.165, 1.54) is 5.56 Å². The number of likely N-dealkylation sites (N-methyl/N-ethyl adjacent to an activating group) is 1. The van der Waals surface area contributed by atoms with Crippen LogP contribution in [0, 0.1) is 6.92 Å². The Morgan fingerprint density at radius 3 is 2.39 bits per heavy atom. The van der Waals surface area contributed by atoms with Crippen LogP contribution >= 0.6 is 0 Å². The van der Waals surface area contributed by atoms with Gasteiger partial charge in [0.2, 0.25) is 0 Å². The number of carbonyl (C=O) groups is 1. The lowest BCUT2D eigenvalue weighted by Crippen LogP contribution is -2.37. The summed E-state index contributed by atoms with van der Waals surface area (Å²) < 4.78 is 2.11. The maximum atomic E-state index is 13.1. The highest BCUT2D eigenvalue weighted by Crippen LogP contribution is 2.12. The Hall–Kier alpha value is -2.92. The van der Waals surface area contributed by atoms with E-state index in [4.69, 9.17) is 0 Å². The number of rotatable bonds is 8. The number of nitrogens with zero attached hydrogens (tertiary/aromatic N) is 4. The first-order chi connectivity index (χ1) is 13.5. The smallest absolute Gasteiger partial charge is 0.254 e. The Balaban J connectivity index is 1.79. The molecule has 5 heteroatoms. The first-order valence-electron chi connectivity index (χ1n) is 9.57. The molecule has 0 aliphatic carbocycles. The number of benzene rings is 2. The molecule has 3 rings (SSSR count). The van der Waals surface area contributed by atoms with Gasteiger partial charge in [-0.1, -0.05) is 48.0 Å². The highest BCUT2D eigenvalue weighted by atomic mass is 16.2. The molecule has 0 bridgehead atoms. The maximum absolute atomic E-state index is 13.1. The van der Waals surface area contributed by atoms with E-state index >= 15 is 0 Å². The minimum Gasteiger partial charge on any atom is -0.330 e. The van der Waals surface area contributed by atoms with Gasteiger partial charge in [0.05, 0.1) is 6.54 Å². The van der Waals surface area contributed by atoms with Gasteiger partial charge >= 0.3 is 0 Å². The van der Waals surface area contributed by atoms with Crippen molar-refractivity contribution in [2.24, 2.45) is 0 Å². The van der Waals surface area contributed by atoms with Crippen LogP contribution in [0.1, 0.15) is 27.3 Å². The van der Waals surface area contributed by atoms with Gasteiger partial charge in [-0.3, -0.25) is 4.79 Å². The summed E-state index contributed by atoms with van der Waals surface area (Å²) in [5, 5.41) is 0. The van der Waals surface area contributed by atoms with Crippen molar-refractivity contribution in [3.63, 3.8) is 0 Å². The van der Waals surface area contributed by atoms with Gasteiger partial charge in [0.15, 0.2) is 0 Å². The van der Waals surface area contributed by atoms with Gasteiger partial charge in [0, 0.05) is 37.6 Å². The summed E-state index contributed by atoms with van der Waals surface area (Å²) in [6.45, 7) is 4.71. The van der Waals surface area contributed by atoms with Gasteiger partial charge in [0.25, 0.3) is 5.91 Å². The van der Waals surface area contributed by atoms with Gasteiger partial charge in [-0.2, -0.15) is 0 Å². The predicted octanol–water partition coefficient (Wildman–Crippen LogP) is 3.44. The van der Waals surface area contributed by atoms with E-state index in [9.17, 15) is 4.79 Å². The van der Waals surface area contributed by atoms with Crippen molar-refractivity contribution in [1.29, 1.82) is 0 Å². The monoisotopic (exact) mass is 376 g/mol. The Bertz CT molecular complexity index is 884. The molecule has 0 N–H and O–H groups in total. The zero-order valence-corrected chi connectivity index (χ0v) is 16.9. The molecular weight excluding hydrogens is 348 g/mol. The summed E-state index contributed by atoms with van der Waals surface area (Å²) >= 11 is 0. The number of hydrogen-bond acceptors (Lipinski definition) is 3. The van der Waals surface area contributed by atoms with Gasteiger partial charge < -0.3 is 14.4 Å². The summed E-state index contributed by atoms with van der Waals surface area (Å²) in [6, 6.07) is 18.1. The molecule has 0 radical (unpaired) electrons. The van der Waals surface area contributed by atoms with Gasteiger partial charge in [-0.05, 0) is 38.7 Å². The van der Waals surface area contributed by atoms with Gasteiger partial charge in [0.1, 0.15) is 5.82 Å². The Labute approximate surface area is 167 Å². The van der Waals surface area contributed by atoms with Crippen molar-refractivity contribution in [3.8, 4) is 0 Å². The van der Waals surface area contributed by atoms with Crippen molar-refractivity contribution >= 4 is 5.91 Å². The lowest BCUT2D eigenvalue weighted by atomic mass is 10.1. The molecule has 146 valence electrons. The van der Waals surface area contributed by atoms with Crippen LogP contribution in [0.4, 0.5) is 0 Å². The third-order valence-electron chi connectivity index (χ3n) is 4.73. The Kier molecular flexibility index (Phi) is 6.61. The van der Waals surface area contributed by atoms with Gasteiger partial charge in [-0.25, -0.2) is 4.98 Å². The summed E-state index contributed by atoms with van der Waals surface area (Å²) in [4.78, 5) is 21.6. The lowest BCUT2D eigenvalue weighted by Gasteiger charge is -2.25. The summed E-state index contributed by atoms with van der Waals surface area (Å²) in [5.41, 5.74) is 3.08. The topological polar surface area (TPSA) is 41.4 Å². The number of aromatic nitrogens is 2. The molecule has 5 nitrogen and oxygen atoms in total. The summed E-state index contributed by atoms with van der Waals surface area (Å²) in [7, 11) is 4.04. The standard InChI is InChI=1S/C23H28N4O/c1-19-9-11-21(12-10-19)23(28)27(16-15-25(2)3)18-22-24-13-14-26(22)17-20-7-5-4-6-8-20/h4-14H,15-18H2,1-3H3. The van der Waals surface area contributed by atoms with Crippen LogP contribution < -0.4 is 0 Å². The Morgan fingerprint density at radius 2 is 1.71 bits per heavy atom. The predicted molar refractivity (Wildman–Crippen MR) is 112 cm³/mol. The fourth-order valence-corrected chi connectivity index (χ4v) is 3.04. The number of hydrogen-bond donors (Lipinski definition) is 0. The SMILES string of the molecule is Cc1ccc(C(=O)N(CCN(C)C)Cc2nccn2Cc2ccccc2)cc1. The number of imidazole rings is 1. The largest absolute Gasteiger partial charge is 0.330 e. The molecule has 0 unspecified atom stereocenters. The maximum Gasteiger partial charge on any atom is 0.254 e. The van der Waals surface area contributed by atoms with Crippen molar-refractivity contribution in [3.05, 3.63) is 89.5 Å². The molecule has 0 atom stereocenters. The molecule has 2 aromatic carbocycles. The minimum absolute atomic E-state index is 0.0381. The highest BCUT2D eigenvalue weighted by Gasteiger charge is 2.18. The van der Waals surface area contributed by atoms with E-state index in [1.807, 2.05) is 74.6 Å². The van der Waals surface area contributed by atoms with Crippen LogP contribution in [0.3, 0.4) is 0 Å². The Morgan fingerprint density at radius 1 is 1.00 bits per heavy atom. The van der Waals surface area contributed by atoms with E-state index in [1.54, 1.807) is 6.20 Å². The quantitative estimate of drug-likeness (QED) is 0.605. The molecule has 0 aliphatic heterocycles. The van der Waals surface area contributed by atoms with Crippen molar-refractivity contribution < 1.29 is 4.79 Å². The first kappa shape index (κ1) is 19.8. The van der Waals surface area contributed by atoms with Crippen molar-refractivity contribution in [2.45, 2.75) is 20.0 Å². The van der Waals surface area contributed by atoms with Crippen molar-refractivity contribution in [2.75, 3.05) is 27.2 Å². The minimum atomic E-state index is 0.0381. The fraction of sp³-hybridized carbons (Fsp3) is 0.304. The van der Waals surface area contributed by atoms with Crippen LogP contribution in [0.25, 0.3) is 0 Å². The first-order valence-corrected chi connectivity index (χ1v) is 9.57. The second kappa shape index (κ2) is 9.33. The number of amides is 1. The lowest BCUT2D eigenvalue weighted by molar-refractivity contribution is 0.0726. The van der Waals surface area contributed by atoms with E-state index in [2.05, 4.69) is 26.6 Å². The number of carbonyl (C=O) groups excluding carboxylic acids is 1. The van der Waals surface area contributed by atoms with Gasteiger partial charge in [-0.15, -0.1) is 0 Å². The fourth-order valence-electron chi connectivity index (χ4n) is 3.04. The number of aryl methyl sites for hydroxylation is 1. The zero-order chi connectivity index (χ0) is 19.9. The van der Waals surface area contributed by atoms with Crippen LogP contribution in [0.2, 0.25) is 0 Å². The normalized spacial score (nSPS) is 11.0. The van der Waals surface area contributed by atoms with E-state index in [0.717, 1.165) is 24.5 Å². The third-order valence-corrected chi connectivity index (χ3v) is 4.73. The summed E-state index contributed by atoms with van der Waals surface area (Å²) in [6.07, 6.45) is 3.78. The molecule has 0 saturated carbocycles. The molecule has 3 aromatic rings. The molecular formula is C23H28N4O. The molecule has 0 saturated heterocycles. The molecule has 0 aliphatic rings. The van der Waals surface area contributed by atoms with Crippen LogP contribution in [0.5, 0.6) is 0 Å². The molecule has 28 heavy (non-hydrogen) atoms. The molecule has 1 aromatic heterocycles. The third kappa shape index (κ3) is 5.30. The summed E-state index contributed by atoms with van der Waals surface area (Å²) in [5.74, 6) is 0.930. The zero-order valence-electron chi connectivity index (χ0n) is 16.9. The molecule has 1 heterocycles. The van der Waals surface area contributed by atoms with Crippen LogP contribution in [-0.2, 0) is 13.1 Å². The second-order valence-electron chi connectivity index (χ2n) is 7.35. The van der Waals surface area contributed by atoms with Crippen LogP contribution in [-0.4, -0.2) is 52.4 Å².